The Labute approximate surface area is 166 Å². The number of hydrogen-bond acceptors (Lipinski definition) is 5. The third-order valence-corrected chi connectivity index (χ3v) is 6.81. The quantitative estimate of drug-likeness (QED) is 0.805. The summed E-state index contributed by atoms with van der Waals surface area (Å²) in [5.41, 5.74) is 2.24. The van der Waals surface area contributed by atoms with Crippen LogP contribution >= 0.6 is 0 Å². The normalized spacial score (nSPS) is 19.7. The topological polar surface area (TPSA) is 67.9 Å². The van der Waals surface area contributed by atoms with E-state index < -0.39 is 10.0 Å². The Morgan fingerprint density at radius 3 is 2.61 bits per heavy atom. The van der Waals surface area contributed by atoms with E-state index in [2.05, 4.69) is 21.8 Å². The minimum atomic E-state index is -3.48. The Morgan fingerprint density at radius 2 is 1.82 bits per heavy atom. The summed E-state index contributed by atoms with van der Waals surface area (Å²) in [5, 5.41) is 0. The van der Waals surface area contributed by atoms with Crippen molar-refractivity contribution in [3.63, 3.8) is 0 Å². The Balaban J connectivity index is 1.38. The molecule has 2 heterocycles. The second-order valence-electron chi connectivity index (χ2n) is 7.31. The summed E-state index contributed by atoms with van der Waals surface area (Å²) >= 11 is 0. The first kappa shape index (κ1) is 19.2. The van der Waals surface area contributed by atoms with Gasteiger partial charge in [0.15, 0.2) is 11.5 Å². The zero-order chi connectivity index (χ0) is 19.6. The van der Waals surface area contributed by atoms with Gasteiger partial charge in [-0.1, -0.05) is 23.8 Å². The van der Waals surface area contributed by atoms with E-state index in [9.17, 15) is 8.42 Å². The monoisotopic (exact) mass is 402 g/mol. The SMILES string of the molecule is Cc1ccc(S(=O)(=O)NCCN2CCCC2c2ccc3c(c2)OCCO3)cc1. The first-order valence-electron chi connectivity index (χ1n) is 9.73. The molecule has 0 aromatic heterocycles. The van der Waals surface area contributed by atoms with Crippen LogP contribution in [0.15, 0.2) is 47.4 Å². The lowest BCUT2D eigenvalue weighted by Crippen LogP contribution is -2.34. The van der Waals surface area contributed by atoms with Crippen molar-refractivity contribution >= 4 is 10.0 Å². The highest BCUT2D eigenvalue weighted by Gasteiger charge is 2.27. The zero-order valence-electron chi connectivity index (χ0n) is 16.1. The maximum Gasteiger partial charge on any atom is 0.240 e. The van der Waals surface area contributed by atoms with E-state index in [1.165, 1.54) is 5.56 Å². The maximum absolute atomic E-state index is 12.5. The average Bonchev–Trinajstić information content (AvgIpc) is 3.16. The Morgan fingerprint density at radius 1 is 1.07 bits per heavy atom. The highest BCUT2D eigenvalue weighted by molar-refractivity contribution is 7.89. The van der Waals surface area contributed by atoms with E-state index in [1.54, 1.807) is 12.1 Å². The Hall–Kier alpha value is -2.09. The number of fused-ring (bicyclic) bond motifs is 1. The van der Waals surface area contributed by atoms with Crippen LogP contribution in [-0.2, 0) is 10.0 Å². The number of aryl methyl sites for hydroxylation is 1. The maximum atomic E-state index is 12.5. The summed E-state index contributed by atoms with van der Waals surface area (Å²) in [6.45, 7) is 5.12. The molecule has 1 fully saturated rings. The highest BCUT2D eigenvalue weighted by Crippen LogP contribution is 2.37. The molecule has 1 saturated heterocycles. The third-order valence-electron chi connectivity index (χ3n) is 5.34. The molecule has 1 N–H and O–H groups in total. The van der Waals surface area contributed by atoms with Gasteiger partial charge in [-0.3, -0.25) is 4.90 Å². The number of likely N-dealkylation sites (tertiary alicyclic amines) is 1. The number of sulfonamides is 1. The molecule has 6 nitrogen and oxygen atoms in total. The zero-order valence-corrected chi connectivity index (χ0v) is 16.9. The molecule has 0 aliphatic carbocycles. The lowest BCUT2D eigenvalue weighted by atomic mass is 10.0. The Kier molecular flexibility index (Phi) is 5.57. The lowest BCUT2D eigenvalue weighted by Gasteiger charge is -2.26. The standard InChI is InChI=1S/C21H26N2O4S/c1-16-4-7-18(8-5-16)28(24,25)22-10-12-23-11-2-3-19(23)17-6-9-20-21(15-17)27-14-13-26-20/h4-9,15,19,22H,2-3,10-14H2,1H3. The van der Waals surface area contributed by atoms with Crippen LogP contribution in [0.5, 0.6) is 11.5 Å². The number of nitrogens with zero attached hydrogens (tertiary/aromatic N) is 1. The second-order valence-corrected chi connectivity index (χ2v) is 9.07. The van der Waals surface area contributed by atoms with Crippen molar-refractivity contribution in [2.75, 3.05) is 32.8 Å². The summed E-state index contributed by atoms with van der Waals surface area (Å²) < 4.78 is 39.0. The van der Waals surface area contributed by atoms with Crippen LogP contribution in [0.25, 0.3) is 0 Å². The number of benzene rings is 2. The van der Waals surface area contributed by atoms with Gasteiger partial charge in [0, 0.05) is 19.1 Å². The van der Waals surface area contributed by atoms with Crippen molar-refractivity contribution in [1.29, 1.82) is 0 Å². The van der Waals surface area contributed by atoms with Gasteiger partial charge in [-0.15, -0.1) is 0 Å². The van der Waals surface area contributed by atoms with Crippen LogP contribution in [0, 0.1) is 6.92 Å². The van der Waals surface area contributed by atoms with E-state index in [-0.39, 0.29) is 6.04 Å². The van der Waals surface area contributed by atoms with Crippen LogP contribution in [0.1, 0.15) is 30.0 Å². The fourth-order valence-corrected chi connectivity index (χ4v) is 4.88. The lowest BCUT2D eigenvalue weighted by molar-refractivity contribution is 0.170. The number of nitrogens with one attached hydrogen (secondary N) is 1. The molecule has 2 aliphatic rings. The van der Waals surface area contributed by atoms with Crippen LogP contribution in [0.2, 0.25) is 0 Å². The summed E-state index contributed by atoms with van der Waals surface area (Å²) in [5.74, 6) is 1.60. The molecule has 150 valence electrons. The van der Waals surface area contributed by atoms with Gasteiger partial charge >= 0.3 is 0 Å². The molecule has 0 saturated carbocycles. The van der Waals surface area contributed by atoms with E-state index in [0.29, 0.717) is 31.2 Å². The number of ether oxygens (including phenoxy) is 2. The van der Waals surface area contributed by atoms with Crippen molar-refractivity contribution in [2.24, 2.45) is 0 Å². The van der Waals surface area contributed by atoms with E-state index in [0.717, 1.165) is 36.4 Å². The molecule has 7 heteroatoms. The predicted octanol–water partition coefficient (Wildman–Crippen LogP) is 2.88. The molecule has 0 radical (unpaired) electrons. The smallest absolute Gasteiger partial charge is 0.240 e. The van der Waals surface area contributed by atoms with Gasteiger partial charge in [0.05, 0.1) is 4.90 Å². The van der Waals surface area contributed by atoms with E-state index in [1.807, 2.05) is 25.1 Å². The minimum Gasteiger partial charge on any atom is -0.486 e. The highest BCUT2D eigenvalue weighted by atomic mass is 32.2. The van der Waals surface area contributed by atoms with Crippen LogP contribution in [0.4, 0.5) is 0 Å². The van der Waals surface area contributed by atoms with Gasteiger partial charge in [-0.25, -0.2) is 13.1 Å². The predicted molar refractivity (Wildman–Crippen MR) is 107 cm³/mol. The fourth-order valence-electron chi connectivity index (χ4n) is 3.86. The van der Waals surface area contributed by atoms with Crippen molar-refractivity contribution in [1.82, 2.24) is 9.62 Å². The van der Waals surface area contributed by atoms with Gasteiger partial charge in [0.25, 0.3) is 0 Å². The molecular formula is C21H26N2O4S. The summed E-state index contributed by atoms with van der Waals surface area (Å²) in [7, 11) is -3.48. The fraction of sp³-hybridized carbons (Fsp3) is 0.429. The molecule has 0 amide bonds. The largest absolute Gasteiger partial charge is 0.486 e. The van der Waals surface area contributed by atoms with Gasteiger partial charge < -0.3 is 9.47 Å². The minimum absolute atomic E-state index is 0.278. The average molecular weight is 403 g/mol. The van der Waals surface area contributed by atoms with Gasteiger partial charge in [0.1, 0.15) is 13.2 Å². The molecule has 0 spiro atoms. The van der Waals surface area contributed by atoms with Crippen LogP contribution in [-0.4, -0.2) is 46.2 Å². The van der Waals surface area contributed by atoms with Gasteiger partial charge in [-0.05, 0) is 56.1 Å². The van der Waals surface area contributed by atoms with Crippen molar-refractivity contribution in [2.45, 2.75) is 30.7 Å². The molecule has 2 aromatic rings. The van der Waals surface area contributed by atoms with Gasteiger partial charge in [0.2, 0.25) is 10.0 Å². The van der Waals surface area contributed by atoms with Gasteiger partial charge in [-0.2, -0.15) is 0 Å². The first-order valence-corrected chi connectivity index (χ1v) is 11.2. The molecule has 2 aromatic carbocycles. The first-order chi connectivity index (χ1) is 13.5. The molecule has 0 bridgehead atoms. The number of hydrogen-bond donors (Lipinski definition) is 1. The van der Waals surface area contributed by atoms with Crippen LogP contribution in [0.3, 0.4) is 0 Å². The van der Waals surface area contributed by atoms with E-state index >= 15 is 0 Å². The third kappa shape index (κ3) is 4.16. The molecule has 1 atom stereocenters. The summed E-state index contributed by atoms with van der Waals surface area (Å²) in [4.78, 5) is 2.64. The van der Waals surface area contributed by atoms with Crippen molar-refractivity contribution in [3.8, 4) is 11.5 Å². The molecule has 1 unspecified atom stereocenters. The molecular weight excluding hydrogens is 376 g/mol. The molecule has 28 heavy (non-hydrogen) atoms. The van der Waals surface area contributed by atoms with Crippen molar-refractivity contribution in [3.05, 3.63) is 53.6 Å². The summed E-state index contributed by atoms with van der Waals surface area (Å²) in [6, 6.07) is 13.3. The molecule has 4 rings (SSSR count). The molecule has 2 aliphatic heterocycles. The van der Waals surface area contributed by atoms with Crippen LogP contribution < -0.4 is 14.2 Å². The Bertz CT molecular complexity index is 928. The summed E-state index contributed by atoms with van der Waals surface area (Å²) in [6.07, 6.45) is 2.16. The number of rotatable bonds is 6. The second kappa shape index (κ2) is 8.11. The van der Waals surface area contributed by atoms with Crippen molar-refractivity contribution < 1.29 is 17.9 Å². The van der Waals surface area contributed by atoms with E-state index in [4.69, 9.17) is 9.47 Å².